The van der Waals surface area contributed by atoms with Crippen LogP contribution in [-0.2, 0) is 9.59 Å². The monoisotopic (exact) mass is 290 g/mol. The van der Waals surface area contributed by atoms with E-state index in [0.29, 0.717) is 5.75 Å². The Morgan fingerprint density at radius 2 is 1.86 bits per heavy atom. The number of amides is 2. The van der Waals surface area contributed by atoms with E-state index < -0.39 is 5.91 Å². The molecule has 0 unspecified atom stereocenters. The Bertz CT molecular complexity index is 493. The molecule has 1 fully saturated rings. The summed E-state index contributed by atoms with van der Waals surface area (Å²) >= 11 is 0. The van der Waals surface area contributed by atoms with E-state index in [1.54, 1.807) is 4.90 Å². The van der Waals surface area contributed by atoms with Gasteiger partial charge in [-0.3, -0.25) is 9.59 Å². The lowest BCUT2D eigenvalue weighted by atomic mass is 10.2. The van der Waals surface area contributed by atoms with Crippen LogP contribution in [0, 0.1) is 6.92 Å². The summed E-state index contributed by atoms with van der Waals surface area (Å²) in [5.41, 5.74) is 6.38. The zero-order valence-corrected chi connectivity index (χ0v) is 12.4. The van der Waals surface area contributed by atoms with Crippen molar-refractivity contribution in [2.75, 3.05) is 13.2 Å². The summed E-state index contributed by atoms with van der Waals surface area (Å²) in [6, 6.07) is 7.63. The van der Waals surface area contributed by atoms with Crippen LogP contribution in [0.1, 0.15) is 31.2 Å². The molecule has 0 aromatic heterocycles. The SMILES string of the molecule is Cc1ccc(OCC(=O)N(CC(N)=O)C2CCCC2)cc1. The van der Waals surface area contributed by atoms with E-state index in [1.807, 2.05) is 31.2 Å². The zero-order chi connectivity index (χ0) is 15.2. The first-order chi connectivity index (χ1) is 10.1. The Morgan fingerprint density at radius 3 is 2.43 bits per heavy atom. The number of carbonyl (C=O) groups excluding carboxylic acids is 2. The van der Waals surface area contributed by atoms with E-state index >= 15 is 0 Å². The number of nitrogens with two attached hydrogens (primary N) is 1. The molecule has 0 atom stereocenters. The molecule has 1 saturated carbocycles. The number of rotatable bonds is 6. The zero-order valence-electron chi connectivity index (χ0n) is 12.4. The number of primary amides is 1. The molecule has 0 aliphatic heterocycles. The van der Waals surface area contributed by atoms with E-state index in [0.717, 1.165) is 31.2 Å². The standard InChI is InChI=1S/C16H22N2O3/c1-12-6-8-14(9-7-12)21-11-16(20)18(10-15(17)19)13-4-2-3-5-13/h6-9,13H,2-5,10-11H2,1H3,(H2,17,19). The second-order valence-corrected chi connectivity index (χ2v) is 5.53. The summed E-state index contributed by atoms with van der Waals surface area (Å²) in [5, 5.41) is 0. The van der Waals surface area contributed by atoms with E-state index in [-0.39, 0.29) is 25.1 Å². The molecule has 2 rings (SSSR count). The molecule has 0 radical (unpaired) electrons. The van der Waals surface area contributed by atoms with Gasteiger partial charge in [0.25, 0.3) is 5.91 Å². The summed E-state index contributed by atoms with van der Waals surface area (Å²) < 4.78 is 5.50. The summed E-state index contributed by atoms with van der Waals surface area (Å²) in [6.07, 6.45) is 4.05. The molecule has 0 heterocycles. The molecule has 0 bridgehead atoms. The minimum atomic E-state index is -0.481. The first-order valence-corrected chi connectivity index (χ1v) is 7.33. The van der Waals surface area contributed by atoms with Gasteiger partial charge in [-0.2, -0.15) is 0 Å². The Balaban J connectivity index is 1.94. The van der Waals surface area contributed by atoms with E-state index in [9.17, 15) is 9.59 Å². The second kappa shape index (κ2) is 7.11. The largest absolute Gasteiger partial charge is 0.484 e. The van der Waals surface area contributed by atoms with Gasteiger partial charge in [-0.1, -0.05) is 30.5 Å². The van der Waals surface area contributed by atoms with Crippen LogP contribution < -0.4 is 10.5 Å². The molecule has 1 aromatic carbocycles. The molecule has 21 heavy (non-hydrogen) atoms. The quantitative estimate of drug-likeness (QED) is 0.865. The smallest absolute Gasteiger partial charge is 0.261 e. The van der Waals surface area contributed by atoms with Crippen molar-refractivity contribution in [1.29, 1.82) is 0 Å². The summed E-state index contributed by atoms with van der Waals surface area (Å²) in [6.45, 7) is 1.90. The fourth-order valence-corrected chi connectivity index (χ4v) is 2.67. The highest BCUT2D eigenvalue weighted by molar-refractivity contribution is 5.84. The highest BCUT2D eigenvalue weighted by Crippen LogP contribution is 2.23. The Morgan fingerprint density at radius 1 is 1.24 bits per heavy atom. The van der Waals surface area contributed by atoms with Crippen molar-refractivity contribution < 1.29 is 14.3 Å². The van der Waals surface area contributed by atoms with Crippen molar-refractivity contribution in [3.8, 4) is 5.75 Å². The first kappa shape index (κ1) is 15.4. The van der Waals surface area contributed by atoms with Crippen LogP contribution in [0.5, 0.6) is 5.75 Å². The van der Waals surface area contributed by atoms with E-state index in [1.165, 1.54) is 0 Å². The number of nitrogens with zero attached hydrogens (tertiary/aromatic N) is 1. The van der Waals surface area contributed by atoms with E-state index in [2.05, 4.69) is 0 Å². The van der Waals surface area contributed by atoms with Gasteiger partial charge in [0.05, 0.1) is 6.54 Å². The molecule has 0 spiro atoms. The van der Waals surface area contributed by atoms with Crippen LogP contribution in [0.2, 0.25) is 0 Å². The average Bonchev–Trinajstić information content (AvgIpc) is 2.97. The molecular formula is C16H22N2O3. The third-order valence-corrected chi connectivity index (χ3v) is 3.80. The van der Waals surface area contributed by atoms with Crippen molar-refractivity contribution >= 4 is 11.8 Å². The number of benzene rings is 1. The minimum absolute atomic E-state index is 0.0270. The van der Waals surface area contributed by atoms with Crippen molar-refractivity contribution in [2.45, 2.75) is 38.6 Å². The Hall–Kier alpha value is -2.04. The number of hydrogen-bond acceptors (Lipinski definition) is 3. The van der Waals surface area contributed by atoms with Gasteiger partial charge >= 0.3 is 0 Å². The molecular weight excluding hydrogens is 268 g/mol. The average molecular weight is 290 g/mol. The normalized spacial score (nSPS) is 14.9. The Labute approximate surface area is 125 Å². The molecule has 1 aliphatic rings. The maximum absolute atomic E-state index is 12.3. The van der Waals surface area contributed by atoms with Crippen LogP contribution in [-0.4, -0.2) is 35.9 Å². The molecule has 2 amide bonds. The van der Waals surface area contributed by atoms with Crippen molar-refractivity contribution in [3.63, 3.8) is 0 Å². The fraction of sp³-hybridized carbons (Fsp3) is 0.500. The number of ether oxygens (including phenoxy) is 1. The lowest BCUT2D eigenvalue weighted by molar-refractivity contribution is -0.139. The maximum Gasteiger partial charge on any atom is 0.261 e. The highest BCUT2D eigenvalue weighted by Gasteiger charge is 2.27. The number of hydrogen-bond donors (Lipinski definition) is 1. The predicted molar refractivity (Wildman–Crippen MR) is 79.8 cm³/mol. The summed E-state index contributed by atoms with van der Waals surface area (Å²) in [5.74, 6) is -0.00809. The molecule has 5 heteroatoms. The lowest BCUT2D eigenvalue weighted by Crippen LogP contribution is -2.46. The van der Waals surface area contributed by atoms with Crippen molar-refractivity contribution in [2.24, 2.45) is 5.73 Å². The predicted octanol–water partition coefficient (Wildman–Crippen LogP) is 1.63. The van der Waals surface area contributed by atoms with Gasteiger partial charge in [0.1, 0.15) is 5.75 Å². The molecule has 1 aromatic rings. The molecule has 1 aliphatic carbocycles. The maximum atomic E-state index is 12.3. The molecule has 2 N–H and O–H groups in total. The van der Waals surface area contributed by atoms with Crippen molar-refractivity contribution in [1.82, 2.24) is 4.90 Å². The molecule has 0 saturated heterocycles. The summed E-state index contributed by atoms with van der Waals surface area (Å²) in [4.78, 5) is 25.0. The van der Waals surface area contributed by atoms with Gasteiger partial charge in [-0.05, 0) is 31.9 Å². The van der Waals surface area contributed by atoms with Gasteiger partial charge in [0, 0.05) is 6.04 Å². The van der Waals surface area contributed by atoms with Crippen LogP contribution in [0.25, 0.3) is 0 Å². The van der Waals surface area contributed by atoms with Crippen LogP contribution >= 0.6 is 0 Å². The topological polar surface area (TPSA) is 72.6 Å². The van der Waals surface area contributed by atoms with Gasteiger partial charge in [-0.25, -0.2) is 0 Å². The number of carbonyl (C=O) groups is 2. The van der Waals surface area contributed by atoms with Gasteiger partial charge in [0.2, 0.25) is 5.91 Å². The molecule has 114 valence electrons. The van der Waals surface area contributed by atoms with E-state index in [4.69, 9.17) is 10.5 Å². The minimum Gasteiger partial charge on any atom is -0.484 e. The van der Waals surface area contributed by atoms with Crippen molar-refractivity contribution in [3.05, 3.63) is 29.8 Å². The van der Waals surface area contributed by atoms with Crippen LogP contribution in [0.4, 0.5) is 0 Å². The number of aryl methyl sites for hydroxylation is 1. The van der Waals surface area contributed by atoms with Gasteiger partial charge < -0.3 is 15.4 Å². The van der Waals surface area contributed by atoms with Gasteiger partial charge in [0.15, 0.2) is 6.61 Å². The second-order valence-electron chi connectivity index (χ2n) is 5.53. The first-order valence-electron chi connectivity index (χ1n) is 7.33. The third kappa shape index (κ3) is 4.48. The third-order valence-electron chi connectivity index (χ3n) is 3.80. The summed E-state index contributed by atoms with van der Waals surface area (Å²) in [7, 11) is 0. The Kier molecular flexibility index (Phi) is 5.20. The highest BCUT2D eigenvalue weighted by atomic mass is 16.5. The van der Waals surface area contributed by atoms with Gasteiger partial charge in [-0.15, -0.1) is 0 Å². The fourth-order valence-electron chi connectivity index (χ4n) is 2.67. The lowest BCUT2D eigenvalue weighted by Gasteiger charge is -2.27. The molecule has 5 nitrogen and oxygen atoms in total. The van der Waals surface area contributed by atoms with Crippen LogP contribution in [0.3, 0.4) is 0 Å². The van der Waals surface area contributed by atoms with Crippen LogP contribution in [0.15, 0.2) is 24.3 Å².